The maximum Gasteiger partial charge on any atom is 0.235 e. The minimum atomic E-state index is -0.538. The number of amides is 1. The first-order valence-electron chi connectivity index (χ1n) is 8.79. The van der Waals surface area contributed by atoms with Crippen molar-refractivity contribution in [2.75, 3.05) is 5.32 Å². The van der Waals surface area contributed by atoms with Crippen LogP contribution in [0.1, 0.15) is 22.9 Å². The van der Waals surface area contributed by atoms with Gasteiger partial charge in [-0.3, -0.25) is 4.79 Å². The monoisotopic (exact) mass is 357 g/mol. The number of tetrazole rings is 1. The molecule has 0 aliphatic carbocycles. The Kier molecular flexibility index (Phi) is 4.61. The molecule has 0 saturated heterocycles. The quantitative estimate of drug-likeness (QED) is 0.571. The van der Waals surface area contributed by atoms with Crippen molar-refractivity contribution in [1.29, 1.82) is 0 Å². The molecule has 1 unspecified atom stereocenters. The van der Waals surface area contributed by atoms with Gasteiger partial charge in [-0.25, -0.2) is 0 Å². The van der Waals surface area contributed by atoms with Crippen molar-refractivity contribution in [2.24, 2.45) is 0 Å². The number of nitrogens with one attached hydrogen (secondary N) is 2. The molecule has 0 fully saturated rings. The number of benzene rings is 3. The van der Waals surface area contributed by atoms with Crippen LogP contribution in [-0.2, 0) is 11.2 Å². The van der Waals surface area contributed by atoms with E-state index >= 15 is 0 Å². The first-order valence-corrected chi connectivity index (χ1v) is 8.79. The topological polar surface area (TPSA) is 83.6 Å². The Morgan fingerprint density at radius 2 is 1.81 bits per heavy atom. The van der Waals surface area contributed by atoms with Gasteiger partial charge in [0, 0.05) is 11.1 Å². The first-order chi connectivity index (χ1) is 13.2. The summed E-state index contributed by atoms with van der Waals surface area (Å²) in [5.74, 6) is -0.309. The van der Waals surface area contributed by atoms with Crippen molar-refractivity contribution in [2.45, 2.75) is 19.3 Å². The van der Waals surface area contributed by atoms with Gasteiger partial charge in [-0.1, -0.05) is 65.9 Å². The molecule has 6 nitrogen and oxygen atoms in total. The first kappa shape index (κ1) is 16.9. The molecular formula is C21H19N5O. The Bertz CT molecular complexity index is 1070. The SMILES string of the molecule is Cc1ccccc1CC(C(=O)Nc1cccc2ccccc12)c1nn[nH]n1. The molecule has 0 saturated carbocycles. The Labute approximate surface area is 156 Å². The van der Waals surface area contributed by atoms with E-state index in [0.717, 1.165) is 27.6 Å². The summed E-state index contributed by atoms with van der Waals surface area (Å²) in [5.41, 5.74) is 2.99. The van der Waals surface area contributed by atoms with Crippen molar-refractivity contribution in [3.8, 4) is 0 Å². The summed E-state index contributed by atoms with van der Waals surface area (Å²) < 4.78 is 0. The molecule has 4 aromatic rings. The second-order valence-electron chi connectivity index (χ2n) is 6.47. The number of anilines is 1. The second-order valence-corrected chi connectivity index (χ2v) is 6.47. The maximum atomic E-state index is 13.1. The molecule has 0 spiro atoms. The van der Waals surface area contributed by atoms with E-state index < -0.39 is 5.92 Å². The maximum absolute atomic E-state index is 13.1. The highest BCUT2D eigenvalue weighted by molar-refractivity contribution is 6.04. The van der Waals surface area contributed by atoms with Gasteiger partial charge >= 0.3 is 0 Å². The van der Waals surface area contributed by atoms with Gasteiger partial charge in [-0.05, 0) is 35.9 Å². The van der Waals surface area contributed by atoms with Crippen LogP contribution in [0.4, 0.5) is 5.69 Å². The molecule has 0 aliphatic rings. The fourth-order valence-electron chi connectivity index (χ4n) is 3.23. The van der Waals surface area contributed by atoms with Crippen LogP contribution in [0.25, 0.3) is 10.8 Å². The molecule has 1 heterocycles. The summed E-state index contributed by atoms with van der Waals surface area (Å²) in [7, 11) is 0. The third kappa shape index (κ3) is 3.55. The molecule has 0 aliphatic heterocycles. The molecule has 0 bridgehead atoms. The van der Waals surface area contributed by atoms with Gasteiger partial charge in [0.2, 0.25) is 5.91 Å². The van der Waals surface area contributed by atoms with Crippen LogP contribution in [-0.4, -0.2) is 26.5 Å². The lowest BCUT2D eigenvalue weighted by atomic mass is 9.94. The number of fused-ring (bicyclic) bond motifs is 1. The van der Waals surface area contributed by atoms with Crippen LogP contribution in [0.5, 0.6) is 0 Å². The standard InChI is InChI=1S/C21H19N5O/c1-14-7-2-3-9-16(14)13-18(20-23-25-26-24-20)21(27)22-19-12-6-10-15-8-4-5-11-17(15)19/h2-12,18H,13H2,1H3,(H,22,27)(H,23,24,25,26). The number of aryl methyl sites for hydroxylation is 1. The van der Waals surface area contributed by atoms with Crippen molar-refractivity contribution >= 4 is 22.4 Å². The van der Waals surface area contributed by atoms with Gasteiger partial charge in [0.1, 0.15) is 5.92 Å². The minimum Gasteiger partial charge on any atom is -0.325 e. The third-order valence-corrected chi connectivity index (χ3v) is 4.72. The Hall–Kier alpha value is -3.54. The van der Waals surface area contributed by atoms with Crippen molar-refractivity contribution in [1.82, 2.24) is 20.6 Å². The van der Waals surface area contributed by atoms with Gasteiger partial charge < -0.3 is 5.32 Å². The average molecular weight is 357 g/mol. The minimum absolute atomic E-state index is 0.156. The van der Waals surface area contributed by atoms with Gasteiger partial charge in [0.25, 0.3) is 0 Å². The van der Waals surface area contributed by atoms with E-state index in [1.165, 1.54) is 0 Å². The molecule has 2 N–H and O–H groups in total. The number of rotatable bonds is 5. The predicted molar refractivity (Wildman–Crippen MR) is 104 cm³/mol. The van der Waals surface area contributed by atoms with Crippen molar-refractivity contribution in [3.05, 3.63) is 83.7 Å². The van der Waals surface area contributed by atoms with Crippen LogP contribution < -0.4 is 5.32 Å². The molecule has 1 aromatic heterocycles. The highest BCUT2D eigenvalue weighted by atomic mass is 16.1. The van der Waals surface area contributed by atoms with E-state index in [9.17, 15) is 4.79 Å². The van der Waals surface area contributed by atoms with E-state index in [1.807, 2.05) is 73.7 Å². The number of H-pyrrole nitrogens is 1. The molecule has 0 radical (unpaired) electrons. The number of carbonyl (C=O) groups is 1. The van der Waals surface area contributed by atoms with Gasteiger partial charge in [0.05, 0.1) is 0 Å². The zero-order valence-corrected chi connectivity index (χ0v) is 14.9. The summed E-state index contributed by atoms with van der Waals surface area (Å²) in [5, 5.41) is 19.3. The fraction of sp³-hybridized carbons (Fsp3) is 0.143. The number of carbonyl (C=O) groups excluding carboxylic acids is 1. The van der Waals surface area contributed by atoms with E-state index in [-0.39, 0.29) is 5.91 Å². The Morgan fingerprint density at radius 1 is 1.04 bits per heavy atom. The second kappa shape index (κ2) is 7.37. The van der Waals surface area contributed by atoms with E-state index in [4.69, 9.17) is 0 Å². The Morgan fingerprint density at radius 3 is 2.63 bits per heavy atom. The summed E-state index contributed by atoms with van der Waals surface area (Å²) in [6, 6.07) is 21.8. The lowest BCUT2D eigenvalue weighted by Gasteiger charge is -2.16. The molecule has 6 heteroatoms. The van der Waals surface area contributed by atoms with Crippen LogP contribution in [0.15, 0.2) is 66.7 Å². The van der Waals surface area contributed by atoms with Crippen LogP contribution in [0.3, 0.4) is 0 Å². The summed E-state index contributed by atoms with van der Waals surface area (Å²) in [6.45, 7) is 2.03. The number of hydrogen-bond acceptors (Lipinski definition) is 4. The third-order valence-electron chi connectivity index (χ3n) is 4.72. The molecule has 4 rings (SSSR count). The normalized spacial score (nSPS) is 12.0. The lowest BCUT2D eigenvalue weighted by molar-refractivity contribution is -0.117. The zero-order chi connectivity index (χ0) is 18.6. The van der Waals surface area contributed by atoms with Gasteiger partial charge in [-0.15, -0.1) is 10.2 Å². The van der Waals surface area contributed by atoms with Gasteiger partial charge in [-0.2, -0.15) is 5.21 Å². The average Bonchev–Trinajstić information content (AvgIpc) is 3.22. The number of aromatic amines is 1. The Balaban J connectivity index is 1.66. The zero-order valence-electron chi connectivity index (χ0n) is 14.9. The largest absolute Gasteiger partial charge is 0.325 e. The molecule has 1 amide bonds. The number of hydrogen-bond donors (Lipinski definition) is 2. The van der Waals surface area contributed by atoms with Crippen LogP contribution in [0.2, 0.25) is 0 Å². The molecular weight excluding hydrogens is 338 g/mol. The molecule has 3 aromatic carbocycles. The van der Waals surface area contributed by atoms with E-state index in [1.54, 1.807) is 0 Å². The van der Waals surface area contributed by atoms with E-state index in [0.29, 0.717) is 12.2 Å². The molecule has 27 heavy (non-hydrogen) atoms. The lowest BCUT2D eigenvalue weighted by Crippen LogP contribution is -2.24. The van der Waals surface area contributed by atoms with Crippen LogP contribution >= 0.6 is 0 Å². The summed E-state index contributed by atoms with van der Waals surface area (Å²) in [4.78, 5) is 13.1. The van der Waals surface area contributed by atoms with E-state index in [2.05, 4.69) is 25.9 Å². The summed E-state index contributed by atoms with van der Waals surface area (Å²) in [6.07, 6.45) is 0.503. The summed E-state index contributed by atoms with van der Waals surface area (Å²) >= 11 is 0. The van der Waals surface area contributed by atoms with Crippen molar-refractivity contribution in [3.63, 3.8) is 0 Å². The fourth-order valence-corrected chi connectivity index (χ4v) is 3.23. The number of aromatic nitrogens is 4. The molecule has 1 atom stereocenters. The highest BCUT2D eigenvalue weighted by Gasteiger charge is 2.26. The smallest absolute Gasteiger partial charge is 0.235 e. The molecule has 134 valence electrons. The highest BCUT2D eigenvalue weighted by Crippen LogP contribution is 2.26. The number of nitrogens with zero attached hydrogens (tertiary/aromatic N) is 3. The van der Waals surface area contributed by atoms with Crippen LogP contribution in [0, 0.1) is 6.92 Å². The van der Waals surface area contributed by atoms with Crippen molar-refractivity contribution < 1.29 is 4.79 Å². The van der Waals surface area contributed by atoms with Gasteiger partial charge in [0.15, 0.2) is 5.82 Å². The predicted octanol–water partition coefficient (Wildman–Crippen LogP) is 3.63.